The van der Waals surface area contributed by atoms with Crippen molar-refractivity contribution in [3.05, 3.63) is 63.7 Å². The van der Waals surface area contributed by atoms with Gasteiger partial charge in [-0.1, -0.05) is 35.9 Å². The maximum absolute atomic E-state index is 10.4. The van der Waals surface area contributed by atoms with Crippen LogP contribution in [0.15, 0.2) is 36.4 Å². The van der Waals surface area contributed by atoms with Crippen molar-refractivity contribution in [1.82, 2.24) is 0 Å². The molecule has 0 radical (unpaired) electrons. The van der Waals surface area contributed by atoms with Crippen LogP contribution in [0.4, 0.5) is 0 Å². The predicted octanol–water partition coefficient (Wildman–Crippen LogP) is 0.701. The molecule has 2 aliphatic rings. The van der Waals surface area contributed by atoms with Gasteiger partial charge in [-0.05, 0) is 40.8 Å². The van der Waals surface area contributed by atoms with Crippen molar-refractivity contribution >= 4 is 11.6 Å². The molecule has 7 nitrogen and oxygen atoms in total. The average Bonchev–Trinajstić information content (AvgIpc) is 3.19. The quantitative estimate of drug-likeness (QED) is 0.492. The molecular weight excluding hydrogens is 400 g/mol. The Labute approximate surface area is 172 Å². The Morgan fingerprint density at radius 3 is 2.62 bits per heavy atom. The van der Waals surface area contributed by atoms with E-state index in [-0.39, 0.29) is 0 Å². The summed E-state index contributed by atoms with van der Waals surface area (Å²) in [7, 11) is 0. The molecule has 0 aromatic heterocycles. The van der Waals surface area contributed by atoms with Crippen molar-refractivity contribution in [3.8, 4) is 5.75 Å². The van der Waals surface area contributed by atoms with Crippen LogP contribution >= 0.6 is 11.6 Å². The first-order valence-electron chi connectivity index (χ1n) is 9.40. The second-order valence-corrected chi connectivity index (χ2v) is 7.94. The SMILES string of the molecule is OC[C@@]1(O)OC(c2ccc(Cl)c(Cc3ccc4c(c3)CCO4)c2)[C@H](O)C(O)[C@@H]1O. The molecule has 2 unspecified atom stereocenters. The number of ether oxygens (including phenoxy) is 2. The smallest absolute Gasteiger partial charge is 0.219 e. The van der Waals surface area contributed by atoms with Gasteiger partial charge < -0.3 is 35.0 Å². The molecular formula is C21H23ClO7. The first-order valence-corrected chi connectivity index (χ1v) is 9.78. The molecule has 5 atom stereocenters. The van der Waals surface area contributed by atoms with Gasteiger partial charge in [0.05, 0.1) is 13.2 Å². The lowest BCUT2D eigenvalue weighted by molar-refractivity contribution is -0.357. The molecule has 2 aliphatic heterocycles. The molecule has 0 bridgehead atoms. The minimum absolute atomic E-state index is 0.458. The Hall–Kier alpha value is -1.71. The third-order valence-corrected chi connectivity index (χ3v) is 5.92. The summed E-state index contributed by atoms with van der Waals surface area (Å²) in [5.41, 5.74) is 3.41. The highest BCUT2D eigenvalue weighted by Gasteiger charge is 2.52. The molecule has 0 spiro atoms. The molecule has 2 aromatic rings. The Morgan fingerprint density at radius 2 is 1.86 bits per heavy atom. The molecule has 29 heavy (non-hydrogen) atoms. The van der Waals surface area contributed by atoms with E-state index in [1.54, 1.807) is 18.2 Å². The minimum atomic E-state index is -2.39. The van der Waals surface area contributed by atoms with Crippen molar-refractivity contribution in [1.29, 1.82) is 0 Å². The zero-order chi connectivity index (χ0) is 20.8. The number of benzene rings is 2. The second kappa shape index (κ2) is 7.85. The molecule has 5 N–H and O–H groups in total. The van der Waals surface area contributed by atoms with E-state index in [9.17, 15) is 25.5 Å². The lowest BCUT2D eigenvalue weighted by Gasteiger charge is -2.45. The van der Waals surface area contributed by atoms with E-state index in [0.29, 0.717) is 23.6 Å². The van der Waals surface area contributed by atoms with Crippen LogP contribution in [0, 0.1) is 0 Å². The molecule has 4 rings (SSSR count). The highest BCUT2D eigenvalue weighted by molar-refractivity contribution is 6.31. The van der Waals surface area contributed by atoms with Gasteiger partial charge in [0.2, 0.25) is 5.79 Å². The minimum Gasteiger partial charge on any atom is -0.493 e. The van der Waals surface area contributed by atoms with Crippen molar-refractivity contribution in [2.45, 2.75) is 43.0 Å². The van der Waals surface area contributed by atoms with Gasteiger partial charge in [0.25, 0.3) is 0 Å². The number of aliphatic hydroxyl groups is 5. The molecule has 2 aromatic carbocycles. The first kappa shape index (κ1) is 20.6. The van der Waals surface area contributed by atoms with Crippen LogP contribution in [0.3, 0.4) is 0 Å². The molecule has 1 fully saturated rings. The van der Waals surface area contributed by atoms with Gasteiger partial charge in [0.15, 0.2) is 0 Å². The van der Waals surface area contributed by atoms with Crippen molar-refractivity contribution < 1.29 is 35.0 Å². The summed E-state index contributed by atoms with van der Waals surface area (Å²) in [6, 6.07) is 10.9. The second-order valence-electron chi connectivity index (χ2n) is 7.54. The first-order chi connectivity index (χ1) is 13.8. The van der Waals surface area contributed by atoms with E-state index in [0.717, 1.165) is 28.9 Å². The van der Waals surface area contributed by atoms with E-state index in [4.69, 9.17) is 21.1 Å². The Balaban J connectivity index is 1.62. The van der Waals surface area contributed by atoms with Crippen molar-refractivity contribution in [3.63, 3.8) is 0 Å². The Kier molecular flexibility index (Phi) is 5.56. The van der Waals surface area contributed by atoms with Crippen LogP contribution in [0.5, 0.6) is 5.75 Å². The number of halogens is 1. The van der Waals surface area contributed by atoms with Gasteiger partial charge in [-0.15, -0.1) is 0 Å². The monoisotopic (exact) mass is 422 g/mol. The van der Waals surface area contributed by atoms with E-state index >= 15 is 0 Å². The summed E-state index contributed by atoms with van der Waals surface area (Å²) >= 11 is 6.37. The number of aliphatic hydroxyl groups excluding tert-OH is 4. The highest BCUT2D eigenvalue weighted by atomic mass is 35.5. The van der Waals surface area contributed by atoms with E-state index in [1.807, 2.05) is 12.1 Å². The van der Waals surface area contributed by atoms with Gasteiger partial charge in [-0.2, -0.15) is 0 Å². The summed E-state index contributed by atoms with van der Waals surface area (Å²) in [6.45, 7) is -0.264. The standard InChI is InChI=1S/C21H23ClO7/c22-15-3-2-13(19-17(24)18(25)20(26)21(27,10-23)29-19)9-14(15)8-11-1-4-16-12(7-11)5-6-28-16/h1-4,7,9,17-20,23-27H,5-6,8,10H2/t17-,18?,19?,20+,21-/m1/s1. The van der Waals surface area contributed by atoms with Gasteiger partial charge in [0, 0.05) is 11.4 Å². The van der Waals surface area contributed by atoms with Crippen LogP contribution in [0.2, 0.25) is 5.02 Å². The van der Waals surface area contributed by atoms with Crippen molar-refractivity contribution in [2.75, 3.05) is 13.2 Å². The van der Waals surface area contributed by atoms with Gasteiger partial charge in [-0.3, -0.25) is 0 Å². The third kappa shape index (κ3) is 3.75. The fraction of sp³-hybridized carbons (Fsp3) is 0.429. The number of hydrogen-bond donors (Lipinski definition) is 5. The predicted molar refractivity (Wildman–Crippen MR) is 104 cm³/mol. The fourth-order valence-corrected chi connectivity index (χ4v) is 4.05. The maximum Gasteiger partial charge on any atom is 0.219 e. The van der Waals surface area contributed by atoms with Gasteiger partial charge >= 0.3 is 0 Å². The van der Waals surface area contributed by atoms with Crippen LogP contribution in [-0.2, 0) is 17.6 Å². The fourth-order valence-electron chi connectivity index (χ4n) is 3.86. The maximum atomic E-state index is 10.4. The molecule has 2 heterocycles. The van der Waals surface area contributed by atoms with Gasteiger partial charge in [-0.25, -0.2) is 0 Å². The lowest BCUT2D eigenvalue weighted by atomic mass is 9.88. The average molecular weight is 423 g/mol. The van der Waals surface area contributed by atoms with E-state index < -0.39 is 36.8 Å². The molecule has 0 amide bonds. The number of hydrogen-bond acceptors (Lipinski definition) is 7. The van der Waals surface area contributed by atoms with Crippen LogP contribution in [0.1, 0.15) is 28.4 Å². The molecule has 0 saturated carbocycles. The normalized spacial score (nSPS) is 31.4. The van der Waals surface area contributed by atoms with Crippen LogP contribution in [0.25, 0.3) is 0 Å². The summed E-state index contributed by atoms with van der Waals surface area (Å²) in [5.74, 6) is -1.49. The van der Waals surface area contributed by atoms with Crippen LogP contribution < -0.4 is 4.74 Å². The van der Waals surface area contributed by atoms with Gasteiger partial charge in [0.1, 0.15) is 30.2 Å². The topological polar surface area (TPSA) is 120 Å². The Morgan fingerprint density at radius 1 is 1.07 bits per heavy atom. The third-order valence-electron chi connectivity index (χ3n) is 5.55. The van der Waals surface area contributed by atoms with Crippen LogP contribution in [-0.4, -0.2) is 62.8 Å². The lowest BCUT2D eigenvalue weighted by Crippen LogP contribution is -2.63. The molecule has 8 heteroatoms. The summed E-state index contributed by atoms with van der Waals surface area (Å²) in [4.78, 5) is 0. The molecule has 1 saturated heterocycles. The summed E-state index contributed by atoms with van der Waals surface area (Å²) in [6.07, 6.45) is -4.81. The molecule has 156 valence electrons. The zero-order valence-electron chi connectivity index (χ0n) is 15.5. The number of fused-ring (bicyclic) bond motifs is 1. The summed E-state index contributed by atoms with van der Waals surface area (Å²) < 4.78 is 10.9. The van der Waals surface area contributed by atoms with E-state index in [1.165, 1.54) is 0 Å². The van der Waals surface area contributed by atoms with E-state index in [2.05, 4.69) is 6.07 Å². The molecule has 0 aliphatic carbocycles. The summed E-state index contributed by atoms with van der Waals surface area (Å²) in [5, 5.41) is 50.6. The largest absolute Gasteiger partial charge is 0.493 e. The van der Waals surface area contributed by atoms with Crippen molar-refractivity contribution in [2.24, 2.45) is 0 Å². The zero-order valence-corrected chi connectivity index (χ0v) is 16.3. The number of rotatable bonds is 4. The highest BCUT2D eigenvalue weighted by Crippen LogP contribution is 2.38. The Bertz CT molecular complexity index is 905.